The maximum absolute atomic E-state index is 12.6. The van der Waals surface area contributed by atoms with Gasteiger partial charge >= 0.3 is 6.09 Å². The summed E-state index contributed by atoms with van der Waals surface area (Å²) in [7, 11) is -3.47. The van der Waals surface area contributed by atoms with Gasteiger partial charge in [0.2, 0.25) is 15.9 Å². The van der Waals surface area contributed by atoms with Gasteiger partial charge in [0.1, 0.15) is 5.60 Å². The van der Waals surface area contributed by atoms with Gasteiger partial charge in [0, 0.05) is 19.6 Å². The number of sulfonamides is 1. The summed E-state index contributed by atoms with van der Waals surface area (Å²) < 4.78 is 30.3. The molecule has 1 aromatic carbocycles. The first-order valence-electron chi connectivity index (χ1n) is 8.73. The number of hydrogen-bond donors (Lipinski definition) is 1. The van der Waals surface area contributed by atoms with Gasteiger partial charge in [0.25, 0.3) is 0 Å². The van der Waals surface area contributed by atoms with Crippen LogP contribution in [0, 0.1) is 0 Å². The summed E-state index contributed by atoms with van der Waals surface area (Å²) in [6.45, 7) is 5.99. The number of rotatable bonds is 4. The smallest absolute Gasteiger partial charge is 0.410 e. The van der Waals surface area contributed by atoms with Crippen LogP contribution in [0.25, 0.3) is 0 Å². The first-order chi connectivity index (χ1) is 12.5. The molecule has 0 spiro atoms. The number of ether oxygens (including phenoxy) is 1. The summed E-state index contributed by atoms with van der Waals surface area (Å²) in [5.41, 5.74) is 0.268. The van der Waals surface area contributed by atoms with Crippen molar-refractivity contribution >= 4 is 22.0 Å². The summed E-state index contributed by atoms with van der Waals surface area (Å²) in [5.74, 6) is -0.335. The van der Waals surface area contributed by atoms with E-state index < -0.39 is 21.7 Å². The van der Waals surface area contributed by atoms with Crippen molar-refractivity contribution < 1.29 is 22.7 Å². The molecule has 9 heteroatoms. The molecule has 150 valence electrons. The van der Waals surface area contributed by atoms with E-state index in [1.165, 1.54) is 0 Å². The minimum atomic E-state index is -3.47. The van der Waals surface area contributed by atoms with E-state index in [0.717, 1.165) is 11.8 Å². The van der Waals surface area contributed by atoms with Crippen LogP contribution >= 0.6 is 0 Å². The molecule has 1 aliphatic heterocycles. The fourth-order valence-corrected chi connectivity index (χ4v) is 3.21. The van der Waals surface area contributed by atoms with Gasteiger partial charge in [0.15, 0.2) is 0 Å². The number of carbonyl (C=O) groups excluding carboxylic acids is 2. The second kappa shape index (κ2) is 8.26. The lowest BCUT2D eigenvalue weighted by Crippen LogP contribution is -2.54. The molecule has 27 heavy (non-hydrogen) atoms. The Morgan fingerprint density at radius 1 is 1.19 bits per heavy atom. The van der Waals surface area contributed by atoms with Crippen LogP contribution in [0.5, 0.6) is 0 Å². The zero-order valence-electron chi connectivity index (χ0n) is 16.1. The molecule has 0 saturated carbocycles. The highest BCUT2D eigenvalue weighted by atomic mass is 32.2. The average Bonchev–Trinajstić information content (AvgIpc) is 2.58. The molecule has 1 heterocycles. The van der Waals surface area contributed by atoms with Crippen LogP contribution in [-0.2, 0) is 19.6 Å². The quantitative estimate of drug-likeness (QED) is 0.828. The molecule has 0 aromatic heterocycles. The minimum Gasteiger partial charge on any atom is -0.444 e. The molecular weight excluding hydrogens is 370 g/mol. The van der Waals surface area contributed by atoms with Crippen LogP contribution in [0.2, 0.25) is 0 Å². The zero-order chi connectivity index (χ0) is 20.2. The van der Waals surface area contributed by atoms with Gasteiger partial charge in [-0.05, 0) is 26.3 Å². The highest BCUT2D eigenvalue weighted by Gasteiger charge is 2.35. The Hall–Kier alpha value is -2.13. The van der Waals surface area contributed by atoms with Gasteiger partial charge in [-0.25, -0.2) is 17.9 Å². The number of piperazine rings is 1. The van der Waals surface area contributed by atoms with Crippen molar-refractivity contribution in [2.24, 2.45) is 0 Å². The number of hydrogen-bond acceptors (Lipinski definition) is 5. The molecule has 0 unspecified atom stereocenters. The number of benzene rings is 1. The van der Waals surface area contributed by atoms with Crippen LogP contribution in [0.1, 0.15) is 32.4 Å². The Kier molecular flexibility index (Phi) is 6.48. The standard InChI is InChI=1S/C18H27N3O5S/c1-18(2,3)26-17(23)20-10-11-21(16(22)12-19-27(4,24)25)15(13-20)14-8-6-5-7-9-14/h5-9,15,19H,10-13H2,1-4H3/t15-/m1/s1. The number of carbonyl (C=O) groups is 2. The van der Waals surface area contributed by atoms with E-state index in [1.807, 2.05) is 30.3 Å². The molecule has 1 N–H and O–H groups in total. The first-order valence-corrected chi connectivity index (χ1v) is 10.6. The van der Waals surface area contributed by atoms with Gasteiger partial charge in [-0.15, -0.1) is 0 Å². The summed E-state index contributed by atoms with van der Waals surface area (Å²) >= 11 is 0. The number of amides is 2. The lowest BCUT2D eigenvalue weighted by molar-refractivity contribution is -0.135. The third kappa shape index (κ3) is 6.51. The fraction of sp³-hybridized carbons (Fsp3) is 0.556. The second-order valence-corrected chi connectivity index (χ2v) is 9.37. The van der Waals surface area contributed by atoms with Crippen LogP contribution in [0.4, 0.5) is 4.79 Å². The van der Waals surface area contributed by atoms with Crippen molar-refractivity contribution in [2.45, 2.75) is 32.4 Å². The molecule has 0 radical (unpaired) electrons. The van der Waals surface area contributed by atoms with E-state index in [2.05, 4.69) is 4.72 Å². The van der Waals surface area contributed by atoms with Gasteiger partial charge in [0.05, 0.1) is 18.8 Å². The third-order valence-electron chi connectivity index (χ3n) is 4.02. The minimum absolute atomic E-state index is 0.281. The average molecular weight is 397 g/mol. The monoisotopic (exact) mass is 397 g/mol. The zero-order valence-corrected chi connectivity index (χ0v) is 17.0. The molecule has 1 atom stereocenters. The summed E-state index contributed by atoms with van der Waals surface area (Å²) in [6, 6.07) is 8.98. The van der Waals surface area contributed by atoms with Crippen LogP contribution in [-0.4, -0.2) is 68.3 Å². The van der Waals surface area contributed by atoms with E-state index in [4.69, 9.17) is 4.74 Å². The van der Waals surface area contributed by atoms with Crippen molar-refractivity contribution in [2.75, 3.05) is 32.4 Å². The largest absolute Gasteiger partial charge is 0.444 e. The lowest BCUT2D eigenvalue weighted by Gasteiger charge is -2.42. The molecule has 1 saturated heterocycles. The molecule has 2 rings (SSSR count). The summed E-state index contributed by atoms with van der Waals surface area (Å²) in [4.78, 5) is 28.2. The van der Waals surface area contributed by atoms with Crippen molar-refractivity contribution in [3.8, 4) is 0 Å². The van der Waals surface area contributed by atoms with Crippen LogP contribution in [0.15, 0.2) is 30.3 Å². The molecule has 8 nitrogen and oxygen atoms in total. The molecular formula is C18H27N3O5S. The van der Waals surface area contributed by atoms with Gasteiger partial charge in [-0.3, -0.25) is 4.79 Å². The Morgan fingerprint density at radius 3 is 2.37 bits per heavy atom. The summed E-state index contributed by atoms with van der Waals surface area (Å²) in [5, 5.41) is 0. The van der Waals surface area contributed by atoms with Crippen molar-refractivity contribution in [1.29, 1.82) is 0 Å². The molecule has 0 aliphatic carbocycles. The predicted molar refractivity (Wildman–Crippen MR) is 102 cm³/mol. The second-order valence-electron chi connectivity index (χ2n) is 7.53. The molecule has 2 amide bonds. The van der Waals surface area contributed by atoms with E-state index >= 15 is 0 Å². The number of nitrogens with zero attached hydrogens (tertiary/aromatic N) is 2. The molecule has 0 bridgehead atoms. The van der Waals surface area contributed by atoms with Crippen molar-refractivity contribution in [3.63, 3.8) is 0 Å². The van der Waals surface area contributed by atoms with Gasteiger partial charge < -0.3 is 14.5 Å². The van der Waals surface area contributed by atoms with E-state index in [9.17, 15) is 18.0 Å². The first kappa shape index (κ1) is 21.2. The highest BCUT2D eigenvalue weighted by Crippen LogP contribution is 2.26. The molecule has 1 fully saturated rings. The maximum Gasteiger partial charge on any atom is 0.410 e. The van der Waals surface area contributed by atoms with E-state index in [1.54, 1.807) is 30.6 Å². The van der Waals surface area contributed by atoms with Crippen LogP contribution in [0.3, 0.4) is 0 Å². The predicted octanol–water partition coefficient (Wildman–Crippen LogP) is 1.36. The lowest BCUT2D eigenvalue weighted by atomic mass is 10.0. The highest BCUT2D eigenvalue weighted by molar-refractivity contribution is 7.88. The SMILES string of the molecule is CC(C)(C)OC(=O)N1CCN(C(=O)CNS(C)(=O)=O)[C@@H](c2ccccc2)C1. The van der Waals surface area contributed by atoms with E-state index in [0.29, 0.717) is 13.1 Å². The topological polar surface area (TPSA) is 96.0 Å². The van der Waals surface area contributed by atoms with Crippen molar-refractivity contribution in [1.82, 2.24) is 14.5 Å². The number of nitrogens with one attached hydrogen (secondary N) is 1. The Morgan fingerprint density at radius 2 is 1.81 bits per heavy atom. The van der Waals surface area contributed by atoms with Crippen molar-refractivity contribution in [3.05, 3.63) is 35.9 Å². The fourth-order valence-electron chi connectivity index (χ4n) is 2.83. The van der Waals surface area contributed by atoms with E-state index in [-0.39, 0.29) is 25.0 Å². The van der Waals surface area contributed by atoms with Gasteiger partial charge in [-0.2, -0.15) is 0 Å². The maximum atomic E-state index is 12.6. The Labute approximate surface area is 160 Å². The van der Waals surface area contributed by atoms with Crippen LogP contribution < -0.4 is 4.72 Å². The Balaban J connectivity index is 2.18. The summed E-state index contributed by atoms with van der Waals surface area (Å²) in [6.07, 6.45) is 0.583. The third-order valence-corrected chi connectivity index (χ3v) is 4.69. The molecule has 1 aromatic rings. The normalized spacial score (nSPS) is 18.3. The van der Waals surface area contributed by atoms with Gasteiger partial charge in [-0.1, -0.05) is 30.3 Å². The molecule has 1 aliphatic rings. The Bertz CT molecular complexity index is 774.